The van der Waals surface area contributed by atoms with Gasteiger partial charge >= 0.3 is 0 Å². The standard InChI is InChI=1S/C9H15N3OS/c1-4-5-7-11-12-9(14-7)10-8(13)6(2)3/h6H,4-5H2,1-3H3,(H,10,12,13). The molecule has 0 unspecified atom stereocenters. The molecule has 0 saturated heterocycles. The molecule has 0 aliphatic carbocycles. The van der Waals surface area contributed by atoms with Crippen LogP contribution in [0.3, 0.4) is 0 Å². The summed E-state index contributed by atoms with van der Waals surface area (Å²) in [5, 5.41) is 12.2. The van der Waals surface area contributed by atoms with Crippen molar-refractivity contribution < 1.29 is 4.79 Å². The summed E-state index contributed by atoms with van der Waals surface area (Å²) >= 11 is 1.45. The molecule has 4 nitrogen and oxygen atoms in total. The van der Waals surface area contributed by atoms with E-state index in [0.29, 0.717) is 5.13 Å². The highest BCUT2D eigenvalue weighted by Crippen LogP contribution is 2.16. The maximum atomic E-state index is 11.3. The molecule has 0 aromatic carbocycles. The zero-order valence-electron chi connectivity index (χ0n) is 8.70. The van der Waals surface area contributed by atoms with Crippen molar-refractivity contribution in [2.24, 2.45) is 5.92 Å². The molecule has 0 atom stereocenters. The fourth-order valence-corrected chi connectivity index (χ4v) is 1.71. The van der Waals surface area contributed by atoms with Gasteiger partial charge in [0, 0.05) is 12.3 Å². The number of amides is 1. The summed E-state index contributed by atoms with van der Waals surface area (Å²) in [4.78, 5) is 11.3. The van der Waals surface area contributed by atoms with Gasteiger partial charge in [0.05, 0.1) is 0 Å². The van der Waals surface area contributed by atoms with Crippen molar-refractivity contribution in [3.05, 3.63) is 5.01 Å². The van der Waals surface area contributed by atoms with Crippen molar-refractivity contribution in [2.75, 3.05) is 5.32 Å². The SMILES string of the molecule is CCCc1nnc(NC(=O)C(C)C)s1. The molecule has 0 fully saturated rings. The van der Waals surface area contributed by atoms with E-state index in [1.165, 1.54) is 11.3 Å². The van der Waals surface area contributed by atoms with Crippen molar-refractivity contribution in [1.29, 1.82) is 0 Å². The maximum absolute atomic E-state index is 11.3. The van der Waals surface area contributed by atoms with Gasteiger partial charge in [0.25, 0.3) is 0 Å². The minimum atomic E-state index is -0.0199. The molecular weight excluding hydrogens is 198 g/mol. The van der Waals surface area contributed by atoms with E-state index in [2.05, 4.69) is 22.4 Å². The smallest absolute Gasteiger partial charge is 0.228 e. The van der Waals surface area contributed by atoms with E-state index in [1.54, 1.807) is 0 Å². The van der Waals surface area contributed by atoms with Gasteiger partial charge in [0.2, 0.25) is 11.0 Å². The molecule has 14 heavy (non-hydrogen) atoms. The Labute approximate surface area is 87.7 Å². The van der Waals surface area contributed by atoms with E-state index in [0.717, 1.165) is 17.8 Å². The van der Waals surface area contributed by atoms with E-state index >= 15 is 0 Å². The van der Waals surface area contributed by atoms with E-state index in [9.17, 15) is 4.79 Å². The number of carbonyl (C=O) groups is 1. The van der Waals surface area contributed by atoms with E-state index < -0.39 is 0 Å². The highest BCUT2D eigenvalue weighted by Gasteiger charge is 2.10. The Morgan fingerprint density at radius 1 is 1.50 bits per heavy atom. The maximum Gasteiger partial charge on any atom is 0.228 e. The van der Waals surface area contributed by atoms with Crippen LogP contribution in [-0.4, -0.2) is 16.1 Å². The van der Waals surface area contributed by atoms with Crippen LogP contribution in [0.5, 0.6) is 0 Å². The van der Waals surface area contributed by atoms with Crippen LogP contribution in [-0.2, 0) is 11.2 Å². The second-order valence-electron chi connectivity index (χ2n) is 3.39. The first-order chi connectivity index (χ1) is 6.63. The van der Waals surface area contributed by atoms with Crippen LogP contribution in [0.1, 0.15) is 32.2 Å². The normalized spacial score (nSPS) is 10.6. The van der Waals surface area contributed by atoms with Crippen LogP contribution < -0.4 is 5.32 Å². The molecule has 1 aromatic rings. The Morgan fingerprint density at radius 2 is 2.21 bits per heavy atom. The van der Waals surface area contributed by atoms with Crippen molar-refractivity contribution in [3.63, 3.8) is 0 Å². The van der Waals surface area contributed by atoms with Crippen molar-refractivity contribution in [2.45, 2.75) is 33.6 Å². The molecular formula is C9H15N3OS. The first-order valence-electron chi connectivity index (χ1n) is 4.76. The van der Waals surface area contributed by atoms with Gasteiger partial charge in [-0.3, -0.25) is 4.79 Å². The zero-order chi connectivity index (χ0) is 10.6. The number of hydrogen-bond donors (Lipinski definition) is 1. The second kappa shape index (κ2) is 5.05. The quantitative estimate of drug-likeness (QED) is 0.833. The third-order valence-corrected chi connectivity index (χ3v) is 2.58. The Bertz CT molecular complexity index is 309. The fourth-order valence-electron chi connectivity index (χ4n) is 0.869. The van der Waals surface area contributed by atoms with Crippen molar-refractivity contribution in [1.82, 2.24) is 10.2 Å². The number of aryl methyl sites for hydroxylation is 1. The zero-order valence-corrected chi connectivity index (χ0v) is 9.52. The van der Waals surface area contributed by atoms with Crippen molar-refractivity contribution >= 4 is 22.4 Å². The molecule has 1 aromatic heterocycles. The molecule has 1 heterocycles. The Balaban J connectivity index is 2.55. The third-order valence-electron chi connectivity index (χ3n) is 1.69. The predicted molar refractivity (Wildman–Crippen MR) is 57.4 cm³/mol. The molecule has 0 bridgehead atoms. The van der Waals surface area contributed by atoms with Gasteiger partial charge in [-0.05, 0) is 6.42 Å². The minimum absolute atomic E-state index is 0.0100. The molecule has 0 aliphatic rings. The number of nitrogens with zero attached hydrogens (tertiary/aromatic N) is 2. The van der Waals surface area contributed by atoms with Crippen LogP contribution in [0.4, 0.5) is 5.13 Å². The fraction of sp³-hybridized carbons (Fsp3) is 0.667. The number of aromatic nitrogens is 2. The lowest BCUT2D eigenvalue weighted by atomic mass is 10.2. The lowest BCUT2D eigenvalue weighted by Crippen LogP contribution is -2.17. The highest BCUT2D eigenvalue weighted by atomic mass is 32.1. The number of anilines is 1. The summed E-state index contributed by atoms with van der Waals surface area (Å²) in [5.41, 5.74) is 0. The predicted octanol–water partition coefficient (Wildman–Crippen LogP) is 2.09. The van der Waals surface area contributed by atoms with Crippen molar-refractivity contribution in [3.8, 4) is 0 Å². The Morgan fingerprint density at radius 3 is 2.79 bits per heavy atom. The van der Waals surface area contributed by atoms with Gasteiger partial charge in [0.1, 0.15) is 5.01 Å². The summed E-state index contributed by atoms with van der Waals surface area (Å²) in [7, 11) is 0. The average molecular weight is 213 g/mol. The average Bonchev–Trinajstić information content (AvgIpc) is 2.53. The van der Waals surface area contributed by atoms with Gasteiger partial charge in [-0.1, -0.05) is 32.1 Å². The molecule has 0 aliphatic heterocycles. The van der Waals surface area contributed by atoms with Gasteiger partial charge in [-0.15, -0.1) is 10.2 Å². The minimum Gasteiger partial charge on any atom is -0.300 e. The lowest BCUT2D eigenvalue weighted by Gasteiger charge is -2.02. The number of nitrogens with one attached hydrogen (secondary N) is 1. The highest BCUT2D eigenvalue weighted by molar-refractivity contribution is 7.15. The second-order valence-corrected chi connectivity index (χ2v) is 4.46. The van der Waals surface area contributed by atoms with Crippen LogP contribution in [0.25, 0.3) is 0 Å². The first-order valence-corrected chi connectivity index (χ1v) is 5.58. The molecule has 0 saturated carbocycles. The summed E-state index contributed by atoms with van der Waals surface area (Å²) in [5.74, 6) is -0.0299. The molecule has 1 amide bonds. The summed E-state index contributed by atoms with van der Waals surface area (Å²) < 4.78 is 0. The topological polar surface area (TPSA) is 54.9 Å². The monoisotopic (exact) mass is 213 g/mol. The van der Waals surface area contributed by atoms with Crippen LogP contribution in [0, 0.1) is 5.92 Å². The van der Waals surface area contributed by atoms with E-state index in [4.69, 9.17) is 0 Å². The van der Waals surface area contributed by atoms with Crippen LogP contribution in [0.15, 0.2) is 0 Å². The number of rotatable bonds is 4. The van der Waals surface area contributed by atoms with Gasteiger partial charge in [0.15, 0.2) is 0 Å². The third kappa shape index (κ3) is 3.06. The summed E-state index contributed by atoms with van der Waals surface area (Å²) in [6, 6.07) is 0. The lowest BCUT2D eigenvalue weighted by molar-refractivity contribution is -0.118. The van der Waals surface area contributed by atoms with Crippen LogP contribution in [0.2, 0.25) is 0 Å². The molecule has 1 N–H and O–H groups in total. The molecule has 0 spiro atoms. The first kappa shape index (κ1) is 11.1. The van der Waals surface area contributed by atoms with Gasteiger partial charge in [-0.25, -0.2) is 0 Å². The number of hydrogen-bond acceptors (Lipinski definition) is 4. The van der Waals surface area contributed by atoms with Gasteiger partial charge < -0.3 is 5.32 Å². The molecule has 78 valence electrons. The largest absolute Gasteiger partial charge is 0.300 e. The van der Waals surface area contributed by atoms with Crippen LogP contribution >= 0.6 is 11.3 Å². The summed E-state index contributed by atoms with van der Waals surface area (Å²) in [6.07, 6.45) is 1.97. The van der Waals surface area contributed by atoms with Gasteiger partial charge in [-0.2, -0.15) is 0 Å². The Kier molecular flexibility index (Phi) is 4.00. The molecule has 0 radical (unpaired) electrons. The van der Waals surface area contributed by atoms with E-state index in [1.807, 2.05) is 13.8 Å². The Hall–Kier alpha value is -0.970. The van der Waals surface area contributed by atoms with E-state index in [-0.39, 0.29) is 11.8 Å². The summed E-state index contributed by atoms with van der Waals surface area (Å²) in [6.45, 7) is 5.79. The molecule has 5 heteroatoms. The number of carbonyl (C=O) groups excluding carboxylic acids is 1. The molecule has 1 rings (SSSR count).